The fourth-order valence-electron chi connectivity index (χ4n) is 12.4. The molecule has 6 aliphatic rings. The second kappa shape index (κ2) is 10.9. The van der Waals surface area contributed by atoms with E-state index in [4.69, 9.17) is 9.47 Å². The zero-order valence-electron chi connectivity index (χ0n) is 28.6. The summed E-state index contributed by atoms with van der Waals surface area (Å²) in [7, 11) is 0. The van der Waals surface area contributed by atoms with Crippen molar-refractivity contribution in [2.45, 2.75) is 148 Å². The van der Waals surface area contributed by atoms with Crippen LogP contribution < -0.4 is 0 Å². The summed E-state index contributed by atoms with van der Waals surface area (Å²) in [4.78, 5) is 14.5. The highest BCUT2D eigenvalue weighted by Gasteiger charge is 2.72. The van der Waals surface area contributed by atoms with Crippen LogP contribution in [0.3, 0.4) is 0 Å². The van der Waals surface area contributed by atoms with Crippen molar-refractivity contribution >= 4 is 5.97 Å². The molecule has 10 heteroatoms. The molecule has 5 fully saturated rings. The highest BCUT2D eigenvalue weighted by molar-refractivity contribution is 5.79. The second-order valence-corrected chi connectivity index (χ2v) is 17.7. The minimum atomic E-state index is -1.70. The van der Waals surface area contributed by atoms with Crippen molar-refractivity contribution in [3.05, 3.63) is 11.6 Å². The number of rotatable bonds is 3. The van der Waals surface area contributed by atoms with E-state index >= 15 is 0 Å². The Balaban J connectivity index is 1.39. The van der Waals surface area contributed by atoms with Crippen molar-refractivity contribution < 1.29 is 50.0 Å². The smallest absolute Gasteiger partial charge is 0.315 e. The van der Waals surface area contributed by atoms with Crippen molar-refractivity contribution in [1.29, 1.82) is 0 Å². The van der Waals surface area contributed by atoms with Gasteiger partial charge in [0.05, 0.1) is 29.8 Å². The van der Waals surface area contributed by atoms with Gasteiger partial charge in [-0.2, -0.15) is 0 Å². The summed E-state index contributed by atoms with van der Waals surface area (Å²) >= 11 is 0. The molecule has 5 aliphatic carbocycles. The van der Waals surface area contributed by atoms with Crippen molar-refractivity contribution in [3.63, 3.8) is 0 Å². The summed E-state index contributed by atoms with van der Waals surface area (Å²) in [5.41, 5.74) is -2.44. The van der Waals surface area contributed by atoms with Gasteiger partial charge in [-0.1, -0.05) is 53.2 Å². The zero-order chi connectivity index (χ0) is 34.0. The molecule has 0 aromatic carbocycles. The van der Waals surface area contributed by atoms with Crippen LogP contribution in [0, 0.1) is 50.7 Å². The van der Waals surface area contributed by atoms with Gasteiger partial charge in [0.15, 0.2) is 0 Å². The van der Waals surface area contributed by atoms with Crippen molar-refractivity contribution in [2.24, 2.45) is 50.7 Å². The maximum atomic E-state index is 14.5. The summed E-state index contributed by atoms with van der Waals surface area (Å²) in [6.45, 7) is 14.4. The number of allylic oxidation sites excluding steroid dienone is 1. The number of hydrogen-bond donors (Lipinski definition) is 7. The number of fused-ring (bicyclic) bond motifs is 7. The minimum absolute atomic E-state index is 0.0940. The predicted molar refractivity (Wildman–Crippen MR) is 168 cm³/mol. The van der Waals surface area contributed by atoms with E-state index in [0.29, 0.717) is 32.1 Å². The summed E-state index contributed by atoms with van der Waals surface area (Å²) in [5.74, 6) is -0.787. The van der Waals surface area contributed by atoms with Gasteiger partial charge in [0.1, 0.15) is 24.4 Å². The number of hydrogen-bond acceptors (Lipinski definition) is 10. The number of aliphatic hydroxyl groups is 7. The topological polar surface area (TPSA) is 177 Å². The van der Waals surface area contributed by atoms with E-state index in [1.807, 2.05) is 13.8 Å². The maximum Gasteiger partial charge on any atom is 0.315 e. The number of esters is 1. The summed E-state index contributed by atoms with van der Waals surface area (Å²) < 4.78 is 11.5. The molecular formula is C36H58O10. The molecule has 1 heterocycles. The van der Waals surface area contributed by atoms with Gasteiger partial charge in [0.2, 0.25) is 6.29 Å². The SMILES string of the molecule is CC1CCC2(C(=O)O[C@@H]3O[C@H](CO)[C@@H](O)[C@H](O)[C@H]3O)CCC3(C)C(=CC[C@H]4C3(C)CC[C@H]3C(C)(C)[C@@H](O)[C@H](O)C[C@@]34C)[C@@H]2[C@]1(C)O. The molecule has 16 atom stereocenters. The van der Waals surface area contributed by atoms with Crippen LogP contribution in [0.2, 0.25) is 0 Å². The third-order valence-corrected chi connectivity index (χ3v) is 15.5. The molecule has 4 unspecified atom stereocenters. The molecule has 10 nitrogen and oxygen atoms in total. The zero-order valence-corrected chi connectivity index (χ0v) is 28.6. The molecule has 4 saturated carbocycles. The standard InChI is InChI=1S/C36H58O10/c1-18-10-13-36(30(43)46-29-26(41)25(40)24(39)21(17-37)45-29)15-14-33(5)19(27(36)35(18,7)44)8-9-23-32(4)16-20(38)28(42)31(2,3)22(32)11-12-34(23,33)6/h8,18,20-29,37-42,44H,9-17H2,1-7H3/t18?,20-,21-,22+,23-,24-,25+,26-,27-,28+,29+,32+,33?,34?,35-,36?/m1/s1. The first-order valence-electron chi connectivity index (χ1n) is 17.5. The molecule has 1 saturated heterocycles. The van der Waals surface area contributed by atoms with Crippen LogP contribution in [0.1, 0.15) is 99.8 Å². The van der Waals surface area contributed by atoms with Crippen LogP contribution in [-0.4, -0.2) is 96.8 Å². The van der Waals surface area contributed by atoms with Crippen LogP contribution in [0.4, 0.5) is 0 Å². The largest absolute Gasteiger partial charge is 0.432 e. The minimum Gasteiger partial charge on any atom is -0.432 e. The summed E-state index contributed by atoms with van der Waals surface area (Å²) in [6.07, 6.45) is -1.65. The molecule has 0 aromatic rings. The van der Waals surface area contributed by atoms with Crippen molar-refractivity contribution in [2.75, 3.05) is 6.61 Å². The first-order valence-corrected chi connectivity index (χ1v) is 17.5. The van der Waals surface area contributed by atoms with Crippen LogP contribution in [0.25, 0.3) is 0 Å². The highest BCUT2D eigenvalue weighted by atomic mass is 16.7. The third-order valence-electron chi connectivity index (χ3n) is 15.5. The predicted octanol–water partition coefficient (Wildman–Crippen LogP) is 2.43. The molecular weight excluding hydrogens is 592 g/mol. The van der Waals surface area contributed by atoms with Crippen molar-refractivity contribution in [1.82, 2.24) is 0 Å². The third kappa shape index (κ3) is 4.39. The Bertz CT molecular complexity index is 1250. The molecule has 46 heavy (non-hydrogen) atoms. The molecule has 262 valence electrons. The van der Waals surface area contributed by atoms with Crippen LogP contribution in [-0.2, 0) is 14.3 Å². The first kappa shape index (κ1) is 34.7. The van der Waals surface area contributed by atoms with E-state index in [-0.39, 0.29) is 34.0 Å². The van der Waals surface area contributed by atoms with E-state index in [1.54, 1.807) is 0 Å². The van der Waals surface area contributed by atoms with Gasteiger partial charge in [-0.15, -0.1) is 0 Å². The summed E-state index contributed by atoms with van der Waals surface area (Å²) in [5, 5.41) is 75.6. The Morgan fingerprint density at radius 1 is 0.913 bits per heavy atom. The second-order valence-electron chi connectivity index (χ2n) is 17.7. The van der Waals surface area contributed by atoms with Gasteiger partial charge in [-0.25, -0.2) is 0 Å². The molecule has 6 rings (SSSR count). The molecule has 1 aliphatic heterocycles. The average Bonchev–Trinajstić information content (AvgIpc) is 2.98. The number of aliphatic hydroxyl groups excluding tert-OH is 6. The molecule has 7 N–H and O–H groups in total. The monoisotopic (exact) mass is 650 g/mol. The highest BCUT2D eigenvalue weighted by Crippen LogP contribution is 2.76. The Morgan fingerprint density at radius 3 is 2.24 bits per heavy atom. The Morgan fingerprint density at radius 2 is 1.59 bits per heavy atom. The van der Waals surface area contributed by atoms with Gasteiger partial charge in [-0.05, 0) is 97.7 Å². The first-order chi connectivity index (χ1) is 21.2. The van der Waals surface area contributed by atoms with Gasteiger partial charge in [0.25, 0.3) is 0 Å². The Labute approximate surface area is 273 Å². The van der Waals surface area contributed by atoms with Gasteiger partial charge < -0.3 is 45.2 Å². The van der Waals surface area contributed by atoms with Gasteiger partial charge in [-0.3, -0.25) is 4.79 Å². The van der Waals surface area contributed by atoms with Crippen molar-refractivity contribution in [3.8, 4) is 0 Å². The molecule has 0 spiro atoms. The maximum absolute atomic E-state index is 14.5. The lowest BCUT2D eigenvalue weighted by Crippen LogP contribution is -2.69. The van der Waals surface area contributed by atoms with E-state index in [2.05, 4.69) is 40.7 Å². The van der Waals surface area contributed by atoms with E-state index in [9.17, 15) is 40.5 Å². The lowest BCUT2D eigenvalue weighted by molar-refractivity contribution is -0.299. The van der Waals surface area contributed by atoms with E-state index in [1.165, 1.54) is 0 Å². The lowest BCUT2D eigenvalue weighted by atomic mass is 9.33. The molecule has 0 aromatic heterocycles. The van der Waals surface area contributed by atoms with Gasteiger partial charge >= 0.3 is 5.97 Å². The number of carbonyl (C=O) groups is 1. The Kier molecular flexibility index (Phi) is 8.27. The number of ether oxygens (including phenoxy) is 2. The Hall–Kier alpha value is -1.11. The quantitative estimate of drug-likeness (QED) is 0.177. The fraction of sp³-hybridized carbons (Fsp3) is 0.917. The van der Waals surface area contributed by atoms with Gasteiger partial charge in [0, 0.05) is 5.92 Å². The normalized spacial score (nSPS) is 56.4. The molecule has 0 amide bonds. The fourth-order valence-corrected chi connectivity index (χ4v) is 12.4. The lowest BCUT2D eigenvalue weighted by Gasteiger charge is -2.72. The van der Waals surface area contributed by atoms with E-state index in [0.717, 1.165) is 24.8 Å². The molecule has 0 radical (unpaired) electrons. The average molecular weight is 651 g/mol. The number of carbonyl (C=O) groups excluding carboxylic acids is 1. The van der Waals surface area contributed by atoms with Crippen LogP contribution in [0.5, 0.6) is 0 Å². The molecule has 0 bridgehead atoms. The van der Waals surface area contributed by atoms with E-state index < -0.39 is 77.8 Å². The summed E-state index contributed by atoms with van der Waals surface area (Å²) in [6, 6.07) is 0. The van der Waals surface area contributed by atoms with Crippen LogP contribution >= 0.6 is 0 Å². The van der Waals surface area contributed by atoms with Crippen LogP contribution in [0.15, 0.2) is 11.6 Å².